The summed E-state index contributed by atoms with van der Waals surface area (Å²) in [7, 11) is 2.61. The van der Waals surface area contributed by atoms with Crippen LogP contribution in [-0.4, -0.2) is 101 Å². The maximum absolute atomic E-state index is 13.9. The van der Waals surface area contributed by atoms with E-state index in [-0.39, 0.29) is 60.1 Å². The van der Waals surface area contributed by atoms with Crippen LogP contribution in [0.4, 0.5) is 26.7 Å². The van der Waals surface area contributed by atoms with Crippen molar-refractivity contribution in [2.45, 2.75) is 129 Å². The van der Waals surface area contributed by atoms with E-state index < -0.39 is 24.3 Å². The standard InChI is InChI=1S/C49H65N9O7/c1-27(2)42(54-48(61)63-7)46(59)56-23-9-11-40(56)44-50-34-19-13-30(25-36(34)52-44)38-21-22-39(58(38)32-15-17-33(18-16-32)65-29(5)6)31-14-20-35-37(26-31)53-45(51-35)41-12-10-24-57(41)47(60)43(28(3)4)55-49(62)64-8/h13-20,25-29,38-44,50,52H,9-12,21-24H2,1-8H3,(H,51,53)(H,54,61)(H,55,62)/t38-,39-,40+,41+,42+,43+,44?/m1/s1. The topological polar surface area (TPSA) is 182 Å². The average molecular weight is 892 g/mol. The number of aromatic nitrogens is 2. The molecule has 0 aliphatic carbocycles. The third-order valence-corrected chi connectivity index (χ3v) is 13.5. The molecule has 5 N–H and O–H groups in total. The molecule has 0 spiro atoms. The van der Waals surface area contributed by atoms with E-state index in [0.717, 1.165) is 83.8 Å². The number of carbonyl (C=O) groups excluding carboxylic acids is 4. The Kier molecular flexibility index (Phi) is 13.3. The fourth-order valence-electron chi connectivity index (χ4n) is 10.3. The molecule has 4 aromatic rings. The molecule has 4 amide bonds. The van der Waals surface area contributed by atoms with E-state index >= 15 is 0 Å². The molecule has 348 valence electrons. The van der Waals surface area contributed by atoms with E-state index in [1.807, 2.05) is 63.5 Å². The van der Waals surface area contributed by atoms with Gasteiger partial charge in [0.05, 0.1) is 66.9 Å². The number of anilines is 3. The van der Waals surface area contributed by atoms with Crippen LogP contribution in [0.1, 0.15) is 115 Å². The quantitative estimate of drug-likeness (QED) is 0.0877. The minimum atomic E-state index is -0.709. The van der Waals surface area contributed by atoms with E-state index in [2.05, 4.69) is 79.7 Å². The van der Waals surface area contributed by atoms with Gasteiger partial charge < -0.3 is 55.2 Å². The summed E-state index contributed by atoms with van der Waals surface area (Å²) in [5.41, 5.74) is 7.16. The van der Waals surface area contributed by atoms with Crippen molar-refractivity contribution >= 4 is 52.1 Å². The van der Waals surface area contributed by atoms with Crippen molar-refractivity contribution in [1.82, 2.24) is 30.4 Å². The number of hydrogen-bond donors (Lipinski definition) is 5. The number of alkyl carbamates (subject to hydrolysis) is 2. The third kappa shape index (κ3) is 9.35. The monoisotopic (exact) mass is 892 g/mol. The lowest BCUT2D eigenvalue weighted by molar-refractivity contribution is -0.136. The number of ether oxygens (including phenoxy) is 3. The third-order valence-electron chi connectivity index (χ3n) is 13.5. The van der Waals surface area contributed by atoms with Gasteiger partial charge in [0.2, 0.25) is 11.8 Å². The highest BCUT2D eigenvalue weighted by molar-refractivity contribution is 5.88. The van der Waals surface area contributed by atoms with Crippen LogP contribution < -0.4 is 30.9 Å². The molecule has 4 aliphatic heterocycles. The van der Waals surface area contributed by atoms with Crippen molar-refractivity contribution in [3.8, 4) is 5.75 Å². The number of likely N-dealkylation sites (tertiary alicyclic amines) is 2. The molecule has 1 unspecified atom stereocenters. The Morgan fingerprint density at radius 2 is 1.26 bits per heavy atom. The van der Waals surface area contributed by atoms with Crippen molar-refractivity contribution in [2.24, 2.45) is 11.8 Å². The summed E-state index contributed by atoms with van der Waals surface area (Å²) in [4.78, 5) is 67.0. The summed E-state index contributed by atoms with van der Waals surface area (Å²) >= 11 is 0. The predicted molar refractivity (Wildman–Crippen MR) is 250 cm³/mol. The van der Waals surface area contributed by atoms with E-state index in [0.29, 0.717) is 13.1 Å². The molecule has 65 heavy (non-hydrogen) atoms. The average Bonchev–Trinajstić information content (AvgIpc) is 4.15. The molecule has 0 bridgehead atoms. The number of carbonyl (C=O) groups is 4. The van der Waals surface area contributed by atoms with E-state index in [9.17, 15) is 19.2 Å². The molecule has 7 atom stereocenters. The highest BCUT2D eigenvalue weighted by Gasteiger charge is 2.43. The Labute approximate surface area is 381 Å². The van der Waals surface area contributed by atoms with Crippen molar-refractivity contribution in [1.29, 1.82) is 0 Å². The van der Waals surface area contributed by atoms with Gasteiger partial charge in [-0.05, 0) is 124 Å². The second-order valence-electron chi connectivity index (χ2n) is 18.8. The fraction of sp³-hybridized carbons (Fsp3) is 0.531. The first-order valence-electron chi connectivity index (χ1n) is 23.3. The lowest BCUT2D eigenvalue weighted by Crippen LogP contribution is -2.56. The first-order chi connectivity index (χ1) is 31.2. The number of benzene rings is 3. The molecule has 5 heterocycles. The van der Waals surface area contributed by atoms with E-state index in [4.69, 9.17) is 19.2 Å². The number of nitrogens with zero attached hydrogens (tertiary/aromatic N) is 4. The lowest BCUT2D eigenvalue weighted by atomic mass is 10.0. The number of nitrogens with one attached hydrogen (secondary N) is 5. The highest BCUT2D eigenvalue weighted by Crippen LogP contribution is 2.49. The van der Waals surface area contributed by atoms with E-state index in [1.54, 1.807) is 0 Å². The van der Waals surface area contributed by atoms with Gasteiger partial charge in [0.15, 0.2) is 0 Å². The SMILES string of the molecule is COC(=O)N[C@H](C(=O)N1CCC[C@H]1c1nc2ccc([C@H]3CC[C@H](c4ccc5c(c4)NC([C@@H]4CCCN4C(=O)[C@@H](NC(=O)OC)C(C)C)N5)N3c3ccc(OC(C)C)cc3)cc2[nH]1)C(C)C. The van der Waals surface area contributed by atoms with Gasteiger partial charge in [0.25, 0.3) is 0 Å². The first kappa shape index (κ1) is 45.4. The second-order valence-corrected chi connectivity index (χ2v) is 18.8. The summed E-state index contributed by atoms with van der Waals surface area (Å²) in [5.74, 6) is 1.09. The normalized spacial score (nSPS) is 22.5. The Morgan fingerprint density at radius 3 is 1.89 bits per heavy atom. The van der Waals surface area contributed by atoms with Crippen molar-refractivity contribution in [3.05, 3.63) is 77.6 Å². The first-order valence-corrected chi connectivity index (χ1v) is 23.3. The van der Waals surface area contributed by atoms with Crippen molar-refractivity contribution in [3.63, 3.8) is 0 Å². The molecule has 8 rings (SSSR count). The summed E-state index contributed by atoms with van der Waals surface area (Å²) in [6.07, 6.45) is 3.78. The number of rotatable bonds is 13. The van der Waals surface area contributed by atoms with Crippen LogP contribution in [0.2, 0.25) is 0 Å². The van der Waals surface area contributed by atoms with Gasteiger partial charge in [-0.25, -0.2) is 14.6 Å². The zero-order valence-electron chi connectivity index (χ0n) is 38.9. The second kappa shape index (κ2) is 19.1. The zero-order chi connectivity index (χ0) is 46.1. The molecule has 1 aromatic heterocycles. The van der Waals surface area contributed by atoms with Crippen molar-refractivity contribution < 1.29 is 33.4 Å². The number of imidazole rings is 1. The van der Waals surface area contributed by atoms with Gasteiger partial charge in [-0.3, -0.25) is 9.59 Å². The fourth-order valence-corrected chi connectivity index (χ4v) is 10.3. The minimum absolute atomic E-state index is 0.0476. The van der Waals surface area contributed by atoms with Gasteiger partial charge in [0.1, 0.15) is 29.8 Å². The van der Waals surface area contributed by atoms with Gasteiger partial charge in [-0.1, -0.05) is 39.8 Å². The largest absolute Gasteiger partial charge is 0.491 e. The van der Waals surface area contributed by atoms with Crippen LogP contribution in [0.5, 0.6) is 5.75 Å². The number of methoxy groups -OCH3 is 2. The smallest absolute Gasteiger partial charge is 0.407 e. The van der Waals surface area contributed by atoms with E-state index in [1.165, 1.54) is 19.8 Å². The number of hydrogen-bond acceptors (Lipinski definition) is 11. The van der Waals surface area contributed by atoms with Gasteiger partial charge in [-0.15, -0.1) is 0 Å². The zero-order valence-corrected chi connectivity index (χ0v) is 38.9. The summed E-state index contributed by atoms with van der Waals surface area (Å²) in [6.45, 7) is 12.9. The van der Waals surface area contributed by atoms with Gasteiger partial charge >= 0.3 is 12.2 Å². The molecule has 4 aliphatic rings. The molecule has 3 fully saturated rings. The Hall–Kier alpha value is -6.19. The molecule has 16 nitrogen and oxygen atoms in total. The maximum Gasteiger partial charge on any atom is 0.407 e. The van der Waals surface area contributed by atoms with Crippen LogP contribution in [0, 0.1) is 11.8 Å². The van der Waals surface area contributed by atoms with Gasteiger partial charge in [0, 0.05) is 18.8 Å². The van der Waals surface area contributed by atoms with Crippen LogP contribution in [0.3, 0.4) is 0 Å². The Morgan fingerprint density at radius 1 is 0.677 bits per heavy atom. The van der Waals surface area contributed by atoms with Crippen LogP contribution in [0.25, 0.3) is 11.0 Å². The number of fused-ring (bicyclic) bond motifs is 2. The number of aromatic amines is 1. The summed E-state index contributed by atoms with van der Waals surface area (Å²) in [6, 6.07) is 19.8. The molecule has 3 aromatic carbocycles. The number of H-pyrrole nitrogens is 1. The van der Waals surface area contributed by atoms with Crippen LogP contribution >= 0.6 is 0 Å². The molecular weight excluding hydrogens is 827 g/mol. The molecule has 0 radical (unpaired) electrons. The molecular formula is C49H65N9O7. The van der Waals surface area contributed by atoms with Gasteiger partial charge in [-0.2, -0.15) is 0 Å². The number of amides is 4. The molecule has 16 heteroatoms. The Bertz CT molecular complexity index is 2370. The Balaban J connectivity index is 1.05. The predicted octanol–water partition coefficient (Wildman–Crippen LogP) is 8.01. The lowest BCUT2D eigenvalue weighted by Gasteiger charge is -2.34. The molecule has 0 saturated carbocycles. The van der Waals surface area contributed by atoms with Crippen LogP contribution in [0.15, 0.2) is 60.7 Å². The van der Waals surface area contributed by atoms with Crippen molar-refractivity contribution in [2.75, 3.05) is 42.8 Å². The highest BCUT2D eigenvalue weighted by atomic mass is 16.5. The maximum atomic E-state index is 13.9. The molecule has 3 saturated heterocycles. The minimum Gasteiger partial charge on any atom is -0.491 e. The summed E-state index contributed by atoms with van der Waals surface area (Å²) < 4.78 is 15.7. The van der Waals surface area contributed by atoms with Crippen LogP contribution in [-0.2, 0) is 19.1 Å². The summed E-state index contributed by atoms with van der Waals surface area (Å²) in [5, 5.41) is 12.9.